The Kier molecular flexibility index (Phi) is 13.9. The number of hydrogen-bond donors (Lipinski definition) is 1. The molecule has 47 valence electrons. The predicted octanol–water partition coefficient (Wildman–Crippen LogP) is 1.82. The van der Waals surface area contributed by atoms with Gasteiger partial charge in [0.2, 0.25) is 0 Å². The fourth-order valence-corrected chi connectivity index (χ4v) is 0.306. The number of nitrogens with one attached hydrogen (secondary N) is 1. The van der Waals surface area contributed by atoms with Crippen LogP contribution in [0.4, 0.5) is 0 Å². The van der Waals surface area contributed by atoms with Gasteiger partial charge in [-0.1, -0.05) is 13.3 Å². The third-order valence-electron chi connectivity index (χ3n) is 0.702. The number of rotatable bonds is 3. The molecule has 0 aromatic rings. The Morgan fingerprint density at radius 3 is 2.29 bits per heavy atom. The molecule has 0 aromatic carbocycles. The average Bonchev–Trinajstić information content (AvgIpc) is 1.61. The summed E-state index contributed by atoms with van der Waals surface area (Å²) in [6.07, 6.45) is 4.79. The number of hydrogen-bond acceptors (Lipinski definition) is 1. The van der Waals surface area contributed by atoms with Crippen LogP contribution in [0.25, 0.3) is 0 Å². The summed E-state index contributed by atoms with van der Waals surface area (Å²) in [4.78, 5) is 0. The monoisotopic (exact) mass is 148 g/mol. The van der Waals surface area contributed by atoms with Crippen LogP contribution in [0.1, 0.15) is 26.2 Å². The Bertz CT molecular complexity index is 37.1. The van der Waals surface area contributed by atoms with Crippen LogP contribution in [0.2, 0.25) is 0 Å². The van der Waals surface area contributed by atoms with Crippen molar-refractivity contribution in [1.82, 2.24) is 0 Å². The first-order valence-corrected chi connectivity index (χ1v) is 2.40. The van der Waals surface area contributed by atoms with Crippen LogP contribution in [-0.2, 0) is 17.1 Å². The molecule has 0 aliphatic rings. The molecule has 7 heavy (non-hydrogen) atoms. The van der Waals surface area contributed by atoms with Gasteiger partial charge in [-0.2, -0.15) is 0 Å². The first-order valence-electron chi connectivity index (χ1n) is 2.40. The third-order valence-corrected chi connectivity index (χ3v) is 0.702. The first kappa shape index (κ1) is 10.2. The van der Waals surface area contributed by atoms with Gasteiger partial charge in [0.1, 0.15) is 0 Å². The first-order chi connectivity index (χ1) is 2.91. The predicted molar refractivity (Wildman–Crippen MR) is 28.3 cm³/mol. The van der Waals surface area contributed by atoms with Gasteiger partial charge in [0.15, 0.2) is 0 Å². The molecule has 1 N–H and O–H groups in total. The normalized spacial score (nSPS) is 7.00. The summed E-state index contributed by atoms with van der Waals surface area (Å²) in [5, 5.41) is 6.58. The van der Waals surface area contributed by atoms with E-state index in [0.29, 0.717) is 0 Å². The molecule has 0 bridgehead atoms. The zero-order valence-corrected chi connectivity index (χ0v) is 5.44. The van der Waals surface area contributed by atoms with Gasteiger partial charge in [-0.25, -0.2) is 0 Å². The molecule has 0 atom stereocenters. The van der Waals surface area contributed by atoms with Crippen molar-refractivity contribution in [2.75, 3.05) is 0 Å². The summed E-state index contributed by atoms with van der Waals surface area (Å²) in [6, 6.07) is 0. The fourth-order valence-electron chi connectivity index (χ4n) is 0.306. The molecule has 0 amide bonds. The molecule has 0 heterocycles. The maximum atomic E-state index is 6.58. The molecule has 2 heteroatoms. The Morgan fingerprint density at radius 1 is 1.57 bits per heavy atom. The minimum atomic E-state index is 0. The Labute approximate surface area is 55.5 Å². The summed E-state index contributed by atoms with van der Waals surface area (Å²) in [5.41, 5.74) is 0. The molecule has 0 aliphatic heterocycles. The van der Waals surface area contributed by atoms with Crippen molar-refractivity contribution < 1.29 is 17.1 Å². The summed E-state index contributed by atoms with van der Waals surface area (Å²) in [6.45, 7) is 2.13. The molecule has 0 spiro atoms. The van der Waals surface area contributed by atoms with Gasteiger partial charge >= 0.3 is 0 Å². The molecule has 0 unspecified atom stereocenters. The van der Waals surface area contributed by atoms with Crippen LogP contribution >= 0.6 is 0 Å². The molecule has 1 nitrogen and oxygen atoms in total. The van der Waals surface area contributed by atoms with E-state index in [1.807, 2.05) is 0 Å². The van der Waals surface area contributed by atoms with Crippen LogP contribution < -0.4 is 0 Å². The van der Waals surface area contributed by atoms with E-state index in [4.69, 9.17) is 5.41 Å². The van der Waals surface area contributed by atoms with E-state index < -0.39 is 0 Å². The van der Waals surface area contributed by atoms with Crippen molar-refractivity contribution in [3.8, 4) is 0 Å². The maximum Gasteiger partial charge on any atom is 0 e. The van der Waals surface area contributed by atoms with Crippen molar-refractivity contribution in [2.45, 2.75) is 26.2 Å². The molecule has 0 aromatic heterocycles. The Balaban J connectivity index is 0. The van der Waals surface area contributed by atoms with Crippen LogP contribution in [0.15, 0.2) is 0 Å². The van der Waals surface area contributed by atoms with E-state index >= 15 is 0 Å². The average molecular weight is 149 g/mol. The van der Waals surface area contributed by atoms with E-state index in [0.717, 1.165) is 6.42 Å². The molecule has 0 rings (SSSR count). The molecule has 0 saturated heterocycles. The minimum absolute atomic E-state index is 0. The topological polar surface area (TPSA) is 23.9 Å². The number of unbranched alkanes of at least 4 members (excludes halogenated alkanes) is 2. The van der Waals surface area contributed by atoms with E-state index in [2.05, 4.69) is 6.92 Å². The second kappa shape index (κ2) is 9.50. The van der Waals surface area contributed by atoms with Gasteiger partial charge in [-0.3, -0.25) is 0 Å². The van der Waals surface area contributed by atoms with Crippen molar-refractivity contribution in [1.29, 1.82) is 5.41 Å². The standard InChI is InChI=1S/C5H11N.Cu/c1-2-3-4-5-6;/h5-6H,2-4H2,1H3;. The van der Waals surface area contributed by atoms with Gasteiger partial charge in [-0.15, -0.1) is 0 Å². The zero-order chi connectivity index (χ0) is 4.83. The molecule has 0 saturated carbocycles. The minimum Gasteiger partial charge on any atom is -0.313 e. The maximum absolute atomic E-state index is 6.58. The smallest absolute Gasteiger partial charge is 0 e. The van der Waals surface area contributed by atoms with Crippen LogP contribution in [0.3, 0.4) is 0 Å². The molecular weight excluding hydrogens is 138 g/mol. The molecule has 1 radical (unpaired) electrons. The van der Waals surface area contributed by atoms with Crippen molar-refractivity contribution in [2.24, 2.45) is 0 Å². The van der Waals surface area contributed by atoms with Crippen molar-refractivity contribution in [3.05, 3.63) is 0 Å². The van der Waals surface area contributed by atoms with E-state index in [9.17, 15) is 0 Å². The third kappa shape index (κ3) is 10.7. The van der Waals surface area contributed by atoms with E-state index in [-0.39, 0.29) is 17.1 Å². The molecule has 0 fully saturated rings. The summed E-state index contributed by atoms with van der Waals surface area (Å²) in [7, 11) is 0. The van der Waals surface area contributed by atoms with Crippen molar-refractivity contribution in [3.63, 3.8) is 0 Å². The van der Waals surface area contributed by atoms with Gasteiger partial charge in [0.25, 0.3) is 0 Å². The Morgan fingerprint density at radius 2 is 2.14 bits per heavy atom. The van der Waals surface area contributed by atoms with Gasteiger partial charge in [-0.05, 0) is 19.1 Å². The summed E-state index contributed by atoms with van der Waals surface area (Å²) in [5.74, 6) is 0. The van der Waals surface area contributed by atoms with E-state index in [1.165, 1.54) is 19.1 Å². The second-order valence-electron chi connectivity index (χ2n) is 1.35. The SMILES string of the molecule is CCCCC=N.[Cu]. The van der Waals surface area contributed by atoms with Crippen LogP contribution in [0, 0.1) is 5.41 Å². The Hall–Kier alpha value is 0.189. The summed E-state index contributed by atoms with van der Waals surface area (Å²) < 4.78 is 0. The van der Waals surface area contributed by atoms with Gasteiger partial charge in [0.05, 0.1) is 0 Å². The molecular formula is C5H11CuN. The van der Waals surface area contributed by atoms with Crippen LogP contribution in [-0.4, -0.2) is 6.21 Å². The molecule has 0 aliphatic carbocycles. The quantitative estimate of drug-likeness (QED) is 0.359. The largest absolute Gasteiger partial charge is 0.313 e. The zero-order valence-electron chi connectivity index (χ0n) is 4.50. The van der Waals surface area contributed by atoms with Gasteiger partial charge < -0.3 is 5.41 Å². The van der Waals surface area contributed by atoms with Gasteiger partial charge in [0, 0.05) is 17.1 Å². The van der Waals surface area contributed by atoms with Crippen molar-refractivity contribution >= 4 is 6.21 Å². The summed E-state index contributed by atoms with van der Waals surface area (Å²) >= 11 is 0. The van der Waals surface area contributed by atoms with E-state index in [1.54, 1.807) is 0 Å². The fraction of sp³-hybridized carbons (Fsp3) is 0.800. The second-order valence-corrected chi connectivity index (χ2v) is 1.35. The van der Waals surface area contributed by atoms with Crippen LogP contribution in [0.5, 0.6) is 0 Å².